The number of anilines is 1. The van der Waals surface area contributed by atoms with Crippen molar-refractivity contribution in [2.45, 2.75) is 4.90 Å². The smallest absolute Gasteiger partial charge is 0.261 e. The summed E-state index contributed by atoms with van der Waals surface area (Å²) in [5, 5.41) is 0. The van der Waals surface area contributed by atoms with Crippen molar-refractivity contribution in [1.82, 2.24) is 9.97 Å². The van der Waals surface area contributed by atoms with E-state index in [2.05, 4.69) is 46.5 Å². The first-order valence-electron chi connectivity index (χ1n) is 4.85. The molecule has 1 heterocycles. The van der Waals surface area contributed by atoms with Gasteiger partial charge in [0.25, 0.3) is 10.0 Å². The number of nitrogens with zero attached hydrogens (tertiary/aromatic N) is 2. The molecule has 0 bridgehead atoms. The Bertz CT molecular complexity index is 724. The first-order valence-corrected chi connectivity index (χ1v) is 7.92. The van der Waals surface area contributed by atoms with E-state index in [1.165, 1.54) is 18.3 Å². The van der Waals surface area contributed by atoms with E-state index in [4.69, 9.17) is 0 Å². The molecule has 0 unspecified atom stereocenters. The Morgan fingerprint density at radius 1 is 1.26 bits per heavy atom. The molecule has 2 rings (SSSR count). The minimum absolute atomic E-state index is 0.0208. The molecule has 0 saturated heterocycles. The molecule has 5 nitrogen and oxygen atoms in total. The van der Waals surface area contributed by atoms with E-state index in [0.717, 1.165) is 12.1 Å². The van der Waals surface area contributed by atoms with Crippen LogP contribution in [0.5, 0.6) is 0 Å². The lowest BCUT2D eigenvalue weighted by molar-refractivity contribution is 0.595. The van der Waals surface area contributed by atoms with Crippen LogP contribution < -0.4 is 4.72 Å². The van der Waals surface area contributed by atoms with E-state index >= 15 is 0 Å². The average molecular weight is 411 g/mol. The van der Waals surface area contributed by atoms with Gasteiger partial charge in [0.2, 0.25) is 0 Å². The van der Waals surface area contributed by atoms with Crippen LogP contribution in [0.3, 0.4) is 0 Å². The fourth-order valence-corrected chi connectivity index (χ4v) is 3.32. The zero-order chi connectivity index (χ0) is 14.0. The van der Waals surface area contributed by atoms with Gasteiger partial charge in [0.15, 0.2) is 10.4 Å². The lowest BCUT2D eigenvalue weighted by atomic mass is 10.4. The number of nitrogens with one attached hydrogen (secondary N) is 1. The Balaban J connectivity index is 2.36. The highest BCUT2D eigenvalue weighted by atomic mass is 79.9. The van der Waals surface area contributed by atoms with Crippen LogP contribution in [0, 0.1) is 5.82 Å². The van der Waals surface area contributed by atoms with E-state index in [1.54, 1.807) is 0 Å². The largest absolute Gasteiger partial charge is 0.263 e. The molecule has 1 aromatic carbocycles. The molecule has 1 N–H and O–H groups in total. The molecule has 0 spiro atoms. The first kappa shape index (κ1) is 14.4. The molecule has 0 atom stereocenters. The summed E-state index contributed by atoms with van der Waals surface area (Å²) < 4.78 is 40.0. The Hall–Kier alpha value is -1.06. The summed E-state index contributed by atoms with van der Waals surface area (Å²) in [6, 6.07) is 4.68. The maximum Gasteiger partial charge on any atom is 0.263 e. The number of hydrogen-bond donors (Lipinski definition) is 1. The monoisotopic (exact) mass is 409 g/mol. The van der Waals surface area contributed by atoms with Gasteiger partial charge < -0.3 is 0 Å². The molecule has 19 heavy (non-hydrogen) atoms. The maximum atomic E-state index is 13.0. The van der Waals surface area contributed by atoms with Crippen molar-refractivity contribution in [3.05, 3.63) is 45.5 Å². The summed E-state index contributed by atoms with van der Waals surface area (Å²) in [4.78, 5) is 7.62. The number of hydrogen-bond acceptors (Lipinski definition) is 4. The molecule has 9 heteroatoms. The first-order chi connectivity index (χ1) is 8.88. The molecular weight excluding hydrogens is 405 g/mol. The number of aromatic nitrogens is 2. The summed E-state index contributed by atoms with van der Waals surface area (Å²) in [6.45, 7) is 0. The van der Waals surface area contributed by atoms with Crippen LogP contribution in [0.1, 0.15) is 0 Å². The molecule has 0 radical (unpaired) electrons. The van der Waals surface area contributed by atoms with E-state index in [9.17, 15) is 12.8 Å². The molecule has 0 saturated carbocycles. The second kappa shape index (κ2) is 5.51. The van der Waals surface area contributed by atoms with Gasteiger partial charge in [-0.1, -0.05) is 6.07 Å². The lowest BCUT2D eigenvalue weighted by Gasteiger charge is -2.08. The van der Waals surface area contributed by atoms with Gasteiger partial charge in [-0.3, -0.25) is 4.72 Å². The Labute approximate surface area is 125 Å². The summed E-state index contributed by atoms with van der Waals surface area (Å²) in [5.41, 5.74) is 0. The molecule has 1 aromatic heterocycles. The third kappa shape index (κ3) is 3.48. The van der Waals surface area contributed by atoms with Crippen LogP contribution in [0.4, 0.5) is 10.2 Å². The van der Waals surface area contributed by atoms with E-state index in [1.807, 2.05) is 0 Å². The van der Waals surface area contributed by atoms with Crippen LogP contribution >= 0.6 is 31.9 Å². The number of sulfonamides is 1. The highest BCUT2D eigenvalue weighted by molar-refractivity contribution is 9.11. The van der Waals surface area contributed by atoms with Crippen LogP contribution in [0.25, 0.3) is 0 Å². The second-order valence-electron chi connectivity index (χ2n) is 3.40. The third-order valence-corrected chi connectivity index (χ3v) is 4.31. The molecule has 0 amide bonds. The van der Waals surface area contributed by atoms with Crippen LogP contribution in [0.15, 0.2) is 44.6 Å². The van der Waals surface area contributed by atoms with Gasteiger partial charge in [-0.05, 0) is 50.1 Å². The SMILES string of the molecule is O=S(=O)(Nc1ncc(Br)nc1Br)c1cccc(F)c1. The number of benzene rings is 1. The molecule has 0 aliphatic carbocycles. The molecular formula is C10H6Br2FN3O2S. The average Bonchev–Trinajstić information content (AvgIpc) is 2.33. The topological polar surface area (TPSA) is 72.0 Å². The summed E-state index contributed by atoms with van der Waals surface area (Å²) in [5.74, 6) is -0.615. The normalized spacial score (nSPS) is 11.3. The molecule has 100 valence electrons. The van der Waals surface area contributed by atoms with Crippen molar-refractivity contribution in [1.29, 1.82) is 0 Å². The van der Waals surface area contributed by atoms with Crippen LogP contribution in [0.2, 0.25) is 0 Å². The van der Waals surface area contributed by atoms with Crippen LogP contribution in [-0.4, -0.2) is 18.4 Å². The highest BCUT2D eigenvalue weighted by Crippen LogP contribution is 2.22. The quantitative estimate of drug-likeness (QED) is 0.844. The van der Waals surface area contributed by atoms with Gasteiger partial charge >= 0.3 is 0 Å². The van der Waals surface area contributed by atoms with E-state index < -0.39 is 15.8 Å². The zero-order valence-corrected chi connectivity index (χ0v) is 13.1. The summed E-state index contributed by atoms with van der Waals surface area (Å²) in [7, 11) is -3.91. The number of halogens is 3. The lowest BCUT2D eigenvalue weighted by Crippen LogP contribution is -2.14. The molecule has 2 aromatic rings. The van der Waals surface area contributed by atoms with Crippen molar-refractivity contribution in [3.63, 3.8) is 0 Å². The minimum Gasteiger partial charge on any atom is -0.261 e. The Morgan fingerprint density at radius 3 is 2.63 bits per heavy atom. The van der Waals surface area contributed by atoms with Gasteiger partial charge in [-0.25, -0.2) is 22.8 Å². The van der Waals surface area contributed by atoms with Crippen molar-refractivity contribution >= 4 is 47.7 Å². The predicted octanol–water partition coefficient (Wildman–Crippen LogP) is 2.94. The highest BCUT2D eigenvalue weighted by Gasteiger charge is 2.17. The number of rotatable bonds is 3. The van der Waals surface area contributed by atoms with Crippen molar-refractivity contribution < 1.29 is 12.8 Å². The fraction of sp³-hybridized carbons (Fsp3) is 0. The maximum absolute atomic E-state index is 13.0. The standard InChI is InChI=1S/C10H6Br2FN3O2S/c11-8-5-14-10(9(12)15-8)16-19(17,18)7-3-1-2-6(13)4-7/h1-5H,(H,14,16). The Morgan fingerprint density at radius 2 is 2.00 bits per heavy atom. The molecule has 0 aliphatic rings. The molecule has 0 aliphatic heterocycles. The van der Waals surface area contributed by atoms with Crippen molar-refractivity contribution in [2.24, 2.45) is 0 Å². The van der Waals surface area contributed by atoms with E-state index in [0.29, 0.717) is 4.60 Å². The van der Waals surface area contributed by atoms with Crippen molar-refractivity contribution in [2.75, 3.05) is 4.72 Å². The van der Waals surface area contributed by atoms with Gasteiger partial charge in [-0.2, -0.15) is 0 Å². The van der Waals surface area contributed by atoms with Gasteiger partial charge in [0.05, 0.1) is 11.1 Å². The Kier molecular flexibility index (Phi) is 4.16. The van der Waals surface area contributed by atoms with Crippen molar-refractivity contribution in [3.8, 4) is 0 Å². The fourth-order valence-electron chi connectivity index (χ4n) is 1.24. The zero-order valence-electron chi connectivity index (χ0n) is 9.14. The van der Waals surface area contributed by atoms with Gasteiger partial charge in [0, 0.05) is 0 Å². The molecule has 0 fully saturated rings. The van der Waals surface area contributed by atoms with Gasteiger partial charge in [0.1, 0.15) is 10.4 Å². The second-order valence-corrected chi connectivity index (χ2v) is 6.64. The summed E-state index contributed by atoms with van der Waals surface area (Å²) >= 11 is 6.18. The van der Waals surface area contributed by atoms with Crippen LogP contribution in [-0.2, 0) is 10.0 Å². The predicted molar refractivity (Wildman–Crippen MR) is 74.6 cm³/mol. The van der Waals surface area contributed by atoms with E-state index in [-0.39, 0.29) is 15.3 Å². The van der Waals surface area contributed by atoms with Gasteiger partial charge in [-0.15, -0.1) is 0 Å². The third-order valence-electron chi connectivity index (χ3n) is 2.04. The summed E-state index contributed by atoms with van der Waals surface area (Å²) in [6.07, 6.45) is 1.34. The minimum atomic E-state index is -3.91.